The van der Waals surface area contributed by atoms with Gasteiger partial charge >= 0.3 is 12.2 Å². The first kappa shape index (κ1) is 31.4. The quantitative estimate of drug-likeness (QED) is 0.322. The van der Waals surface area contributed by atoms with Gasteiger partial charge in [0.2, 0.25) is 5.91 Å². The number of imide groups is 1. The van der Waals surface area contributed by atoms with Crippen molar-refractivity contribution in [2.75, 3.05) is 39.9 Å². The van der Waals surface area contributed by atoms with Crippen molar-refractivity contribution in [3.8, 4) is 11.5 Å². The van der Waals surface area contributed by atoms with E-state index in [0.29, 0.717) is 10.8 Å². The van der Waals surface area contributed by atoms with Crippen LogP contribution in [0.25, 0.3) is 0 Å². The van der Waals surface area contributed by atoms with Crippen LogP contribution in [0.4, 0.5) is 9.59 Å². The molecule has 0 radical (unpaired) electrons. The van der Waals surface area contributed by atoms with Gasteiger partial charge in [-0.3, -0.25) is 14.6 Å². The maximum absolute atomic E-state index is 12.1. The minimum atomic E-state index is -1.83. The molecule has 1 atom stereocenters. The fraction of sp³-hybridized carbons (Fsp3) is 0.516. The highest BCUT2D eigenvalue weighted by molar-refractivity contribution is 6.32. The molecule has 10 nitrogen and oxygen atoms in total. The molecule has 0 spiro atoms. The summed E-state index contributed by atoms with van der Waals surface area (Å²) in [6.45, 7) is 5.47. The number of nitrogens with zero attached hydrogens (tertiary/aromatic N) is 3. The summed E-state index contributed by atoms with van der Waals surface area (Å²) in [5.74, 6) is 2.10. The van der Waals surface area contributed by atoms with Crippen LogP contribution in [0.5, 0.6) is 11.5 Å². The average Bonchev–Trinajstić information content (AvgIpc) is 3.52. The van der Waals surface area contributed by atoms with E-state index >= 15 is 0 Å². The Balaban J connectivity index is 0.000000952. The van der Waals surface area contributed by atoms with Gasteiger partial charge in [0.1, 0.15) is 24.7 Å². The summed E-state index contributed by atoms with van der Waals surface area (Å²) in [7, 11) is 1.62. The van der Waals surface area contributed by atoms with Crippen LogP contribution in [0.3, 0.4) is 0 Å². The number of carboxylic acid groups (broad SMARTS) is 2. The number of carbonyl (C=O) groups is 3. The molecule has 0 bridgehead atoms. The first-order valence-corrected chi connectivity index (χ1v) is 14.9. The maximum Gasteiger partial charge on any atom is 0.503 e. The Hall–Kier alpha value is -3.50. The molecule has 2 aliphatic heterocycles. The van der Waals surface area contributed by atoms with E-state index in [4.69, 9.17) is 36.1 Å². The smallest absolute Gasteiger partial charge is 0.493 e. The van der Waals surface area contributed by atoms with Crippen LogP contribution in [0, 0.1) is 5.92 Å². The molecule has 228 valence electrons. The van der Waals surface area contributed by atoms with E-state index in [-0.39, 0.29) is 37.7 Å². The van der Waals surface area contributed by atoms with Crippen molar-refractivity contribution >= 4 is 29.7 Å². The summed E-state index contributed by atoms with van der Waals surface area (Å²) in [4.78, 5) is 37.8. The fourth-order valence-electron chi connectivity index (χ4n) is 5.87. The molecule has 3 aliphatic rings. The van der Waals surface area contributed by atoms with E-state index in [2.05, 4.69) is 36.1 Å². The van der Waals surface area contributed by atoms with Gasteiger partial charge in [-0.2, -0.15) is 0 Å². The van der Waals surface area contributed by atoms with Gasteiger partial charge in [0.05, 0.1) is 18.2 Å². The number of amides is 3. The molecule has 0 aromatic heterocycles. The van der Waals surface area contributed by atoms with Gasteiger partial charge in [-0.25, -0.2) is 9.59 Å². The maximum atomic E-state index is 12.1. The zero-order valence-corrected chi connectivity index (χ0v) is 25.0. The van der Waals surface area contributed by atoms with Crippen LogP contribution in [0.15, 0.2) is 36.4 Å². The molecule has 1 unspecified atom stereocenters. The number of rotatable bonds is 10. The zero-order valence-electron chi connectivity index (χ0n) is 24.3. The van der Waals surface area contributed by atoms with Crippen molar-refractivity contribution in [3.05, 3.63) is 58.1 Å². The number of ether oxygens (including phenoxy) is 2. The molecule has 1 saturated carbocycles. The van der Waals surface area contributed by atoms with E-state index in [1.165, 1.54) is 53.0 Å². The Kier molecular flexibility index (Phi) is 10.9. The molecule has 2 fully saturated rings. The topological polar surface area (TPSA) is 120 Å². The summed E-state index contributed by atoms with van der Waals surface area (Å²) in [6, 6.07) is 12.6. The van der Waals surface area contributed by atoms with Gasteiger partial charge in [0.25, 0.3) is 0 Å². The molecule has 2 heterocycles. The number of benzene rings is 2. The highest BCUT2D eigenvalue weighted by Gasteiger charge is 2.33. The van der Waals surface area contributed by atoms with E-state index in [1.54, 1.807) is 7.05 Å². The lowest BCUT2D eigenvalue weighted by Crippen LogP contribution is -2.35. The molecular formula is C31H40ClN3O7. The number of hydrogen-bond donors (Lipinski definition) is 2. The number of halogens is 1. The first-order chi connectivity index (χ1) is 20.1. The monoisotopic (exact) mass is 601 g/mol. The molecule has 2 N–H and O–H groups in total. The van der Waals surface area contributed by atoms with Gasteiger partial charge in [-0.15, -0.1) is 0 Å². The molecule has 11 heteroatoms. The first-order valence-electron chi connectivity index (χ1n) is 14.5. The predicted molar refractivity (Wildman–Crippen MR) is 158 cm³/mol. The molecular weight excluding hydrogens is 562 g/mol. The van der Waals surface area contributed by atoms with Crippen molar-refractivity contribution in [1.82, 2.24) is 14.7 Å². The molecule has 2 aromatic carbocycles. The second-order valence-electron chi connectivity index (χ2n) is 11.2. The number of fused-ring (bicyclic) bond motifs is 1. The van der Waals surface area contributed by atoms with Crippen LogP contribution in [-0.2, 0) is 17.8 Å². The van der Waals surface area contributed by atoms with Gasteiger partial charge in [0.15, 0.2) is 0 Å². The van der Waals surface area contributed by atoms with Crippen LogP contribution in [0.1, 0.15) is 61.8 Å². The standard InChI is InChI=1S/C30H38ClN3O4.CH2O3/c1-21(24-9-11-27-25(17-24)12-14-37-27)33(18-22-6-4-3-5-7-22)19-23-8-10-28(26(31)16-23)38-15-13-34-29(35)20-32(2)30(34)36;2-1(3)4/h8-11,16-17,21-22H,3-7,12-15,18-20H2,1-2H3;(H2,2,3,4). The van der Waals surface area contributed by atoms with Gasteiger partial charge in [0, 0.05) is 32.6 Å². The van der Waals surface area contributed by atoms with Crippen LogP contribution >= 0.6 is 11.6 Å². The van der Waals surface area contributed by atoms with E-state index in [9.17, 15) is 9.59 Å². The molecule has 42 heavy (non-hydrogen) atoms. The van der Waals surface area contributed by atoms with Crippen molar-refractivity contribution in [2.45, 2.75) is 58.0 Å². The van der Waals surface area contributed by atoms with Crippen molar-refractivity contribution in [3.63, 3.8) is 0 Å². The summed E-state index contributed by atoms with van der Waals surface area (Å²) < 4.78 is 11.6. The van der Waals surface area contributed by atoms with Crippen molar-refractivity contribution in [2.24, 2.45) is 5.92 Å². The normalized spacial score (nSPS) is 17.5. The van der Waals surface area contributed by atoms with Crippen molar-refractivity contribution < 1.29 is 34.1 Å². The number of carbonyl (C=O) groups excluding carboxylic acids is 2. The molecule has 2 aromatic rings. The fourth-order valence-corrected chi connectivity index (χ4v) is 6.13. The molecule has 5 rings (SSSR count). The second-order valence-corrected chi connectivity index (χ2v) is 11.6. The third-order valence-electron chi connectivity index (χ3n) is 8.15. The van der Waals surface area contributed by atoms with Gasteiger partial charge in [-0.1, -0.05) is 49.1 Å². The predicted octanol–water partition coefficient (Wildman–Crippen LogP) is 5.91. The summed E-state index contributed by atoms with van der Waals surface area (Å²) in [5.41, 5.74) is 3.77. The summed E-state index contributed by atoms with van der Waals surface area (Å²) in [5, 5.41) is 14.5. The Morgan fingerprint density at radius 3 is 2.55 bits per heavy atom. The second kappa shape index (κ2) is 14.6. The highest BCUT2D eigenvalue weighted by Crippen LogP contribution is 2.34. The third kappa shape index (κ3) is 8.29. The van der Waals surface area contributed by atoms with E-state index < -0.39 is 6.16 Å². The lowest BCUT2D eigenvalue weighted by atomic mass is 9.88. The Morgan fingerprint density at radius 2 is 1.88 bits per heavy atom. The van der Waals surface area contributed by atoms with E-state index in [1.807, 2.05) is 12.1 Å². The highest BCUT2D eigenvalue weighted by atomic mass is 35.5. The Morgan fingerprint density at radius 1 is 1.14 bits per heavy atom. The average molecular weight is 602 g/mol. The minimum absolute atomic E-state index is 0.114. The lowest BCUT2D eigenvalue weighted by molar-refractivity contribution is -0.125. The minimum Gasteiger partial charge on any atom is -0.493 e. The van der Waals surface area contributed by atoms with E-state index in [0.717, 1.165) is 43.3 Å². The molecule has 3 amide bonds. The summed E-state index contributed by atoms with van der Waals surface area (Å²) in [6.07, 6.45) is 5.74. The number of urea groups is 1. The molecule has 1 aliphatic carbocycles. The Bertz CT molecular complexity index is 1260. The van der Waals surface area contributed by atoms with Gasteiger partial charge < -0.3 is 24.6 Å². The SMILES string of the molecule is CC(c1ccc2c(c1)CCO2)N(Cc1ccc(OCCN2C(=O)CN(C)C2=O)c(Cl)c1)CC1CCCCC1.O=C(O)O. The Labute approximate surface area is 251 Å². The third-order valence-corrected chi connectivity index (χ3v) is 8.44. The van der Waals surface area contributed by atoms with Gasteiger partial charge in [-0.05, 0) is 60.6 Å². The van der Waals surface area contributed by atoms with Crippen LogP contribution in [0.2, 0.25) is 5.02 Å². The number of hydrogen-bond acceptors (Lipinski definition) is 6. The lowest BCUT2D eigenvalue weighted by Gasteiger charge is -2.34. The number of likely N-dealkylation sites (N-methyl/N-ethyl adjacent to an activating group) is 1. The van der Waals surface area contributed by atoms with Crippen LogP contribution in [-0.4, -0.2) is 82.9 Å². The molecule has 1 saturated heterocycles. The summed E-state index contributed by atoms with van der Waals surface area (Å²) >= 11 is 6.63. The largest absolute Gasteiger partial charge is 0.503 e. The zero-order chi connectivity index (χ0) is 30.2. The van der Waals surface area contributed by atoms with Crippen molar-refractivity contribution in [1.29, 1.82) is 0 Å². The van der Waals surface area contributed by atoms with Crippen LogP contribution < -0.4 is 9.47 Å².